The molecule has 0 bridgehead atoms. The highest BCUT2D eigenvalue weighted by molar-refractivity contribution is 5.60. The average molecular weight is 277 g/mol. The van der Waals surface area contributed by atoms with Crippen LogP contribution in [0.25, 0.3) is 0 Å². The lowest BCUT2D eigenvalue weighted by atomic mass is 9.86. The molecule has 2 rings (SSSR count). The van der Waals surface area contributed by atoms with Crippen LogP contribution < -0.4 is 9.64 Å². The minimum Gasteiger partial charge on any atom is -0.495 e. The molecular formula is C17H27NO2. The predicted octanol–water partition coefficient (Wildman–Crippen LogP) is 3.61. The fourth-order valence-electron chi connectivity index (χ4n) is 2.74. The van der Waals surface area contributed by atoms with Gasteiger partial charge in [-0.05, 0) is 36.0 Å². The first-order valence-electron chi connectivity index (χ1n) is 7.42. The Hall–Kier alpha value is -1.22. The summed E-state index contributed by atoms with van der Waals surface area (Å²) in [4.78, 5) is 2.40. The summed E-state index contributed by atoms with van der Waals surface area (Å²) in [5.41, 5.74) is 2.66. The Morgan fingerprint density at radius 3 is 2.25 bits per heavy atom. The molecule has 0 N–H and O–H groups in total. The number of nitrogens with zero attached hydrogens (tertiary/aromatic N) is 1. The third kappa shape index (κ3) is 3.26. The zero-order chi connectivity index (χ0) is 14.8. The van der Waals surface area contributed by atoms with Gasteiger partial charge < -0.3 is 14.4 Å². The van der Waals surface area contributed by atoms with E-state index in [-0.39, 0.29) is 5.41 Å². The molecular weight excluding hydrogens is 250 g/mol. The molecule has 3 nitrogen and oxygen atoms in total. The van der Waals surface area contributed by atoms with Gasteiger partial charge in [-0.15, -0.1) is 0 Å². The zero-order valence-electron chi connectivity index (χ0n) is 13.4. The Bertz CT molecular complexity index is 443. The molecule has 1 aliphatic rings. The van der Waals surface area contributed by atoms with Crippen LogP contribution in [0.4, 0.5) is 5.69 Å². The molecule has 112 valence electrons. The molecule has 20 heavy (non-hydrogen) atoms. The van der Waals surface area contributed by atoms with Gasteiger partial charge in [0.2, 0.25) is 0 Å². The van der Waals surface area contributed by atoms with Gasteiger partial charge in [0, 0.05) is 20.2 Å². The highest BCUT2D eigenvalue weighted by Gasteiger charge is 2.22. The summed E-state index contributed by atoms with van der Waals surface area (Å²) >= 11 is 0. The van der Waals surface area contributed by atoms with Gasteiger partial charge in [0.25, 0.3) is 0 Å². The van der Waals surface area contributed by atoms with Crippen LogP contribution in [-0.2, 0) is 10.2 Å². The van der Waals surface area contributed by atoms with Crippen molar-refractivity contribution in [3.05, 3.63) is 23.8 Å². The molecule has 3 heteroatoms. The molecule has 1 aromatic carbocycles. The Labute approximate surface area is 122 Å². The minimum absolute atomic E-state index is 0.148. The maximum Gasteiger partial charge on any atom is 0.142 e. The number of anilines is 1. The van der Waals surface area contributed by atoms with Gasteiger partial charge in [-0.25, -0.2) is 0 Å². The van der Waals surface area contributed by atoms with Crippen LogP contribution >= 0.6 is 0 Å². The molecule has 0 amide bonds. The topological polar surface area (TPSA) is 21.7 Å². The van der Waals surface area contributed by atoms with Crippen molar-refractivity contribution in [1.82, 2.24) is 0 Å². The van der Waals surface area contributed by atoms with Crippen molar-refractivity contribution in [2.45, 2.75) is 45.1 Å². The van der Waals surface area contributed by atoms with Crippen LogP contribution in [0, 0.1) is 0 Å². The first-order chi connectivity index (χ1) is 9.45. The monoisotopic (exact) mass is 277 g/mol. The van der Waals surface area contributed by atoms with E-state index >= 15 is 0 Å². The summed E-state index contributed by atoms with van der Waals surface area (Å²) in [6.07, 6.45) is 2.58. The molecule has 0 unspecified atom stereocenters. The van der Waals surface area contributed by atoms with Crippen LogP contribution in [-0.4, -0.2) is 33.4 Å². The number of hydrogen-bond acceptors (Lipinski definition) is 3. The van der Waals surface area contributed by atoms with Gasteiger partial charge in [-0.1, -0.05) is 26.8 Å². The van der Waals surface area contributed by atoms with Gasteiger partial charge in [0.1, 0.15) is 5.75 Å². The Morgan fingerprint density at radius 2 is 1.75 bits per heavy atom. The van der Waals surface area contributed by atoms with E-state index in [1.54, 1.807) is 14.2 Å². The van der Waals surface area contributed by atoms with E-state index in [0.717, 1.165) is 31.7 Å². The molecule has 0 atom stereocenters. The maximum absolute atomic E-state index is 5.61. The number of benzene rings is 1. The third-order valence-electron chi connectivity index (χ3n) is 4.16. The number of rotatable bonds is 3. The van der Waals surface area contributed by atoms with E-state index in [0.29, 0.717) is 6.10 Å². The van der Waals surface area contributed by atoms with Crippen LogP contribution in [0.1, 0.15) is 39.2 Å². The normalized spacial score (nSPS) is 17.4. The largest absolute Gasteiger partial charge is 0.495 e. The van der Waals surface area contributed by atoms with E-state index in [1.807, 2.05) is 0 Å². The first-order valence-corrected chi connectivity index (χ1v) is 7.42. The molecule has 0 aromatic heterocycles. The second kappa shape index (κ2) is 6.04. The molecule has 0 spiro atoms. The van der Waals surface area contributed by atoms with Gasteiger partial charge in [-0.3, -0.25) is 0 Å². The lowest BCUT2D eigenvalue weighted by molar-refractivity contribution is 0.0818. The molecule has 1 aliphatic heterocycles. The molecule has 1 saturated heterocycles. The fraction of sp³-hybridized carbons (Fsp3) is 0.647. The highest BCUT2D eigenvalue weighted by Crippen LogP contribution is 2.35. The quantitative estimate of drug-likeness (QED) is 0.842. The van der Waals surface area contributed by atoms with Crippen molar-refractivity contribution < 1.29 is 9.47 Å². The Kier molecular flexibility index (Phi) is 4.59. The van der Waals surface area contributed by atoms with Crippen LogP contribution in [0.2, 0.25) is 0 Å². The molecule has 1 heterocycles. The zero-order valence-corrected chi connectivity index (χ0v) is 13.4. The second-order valence-electron chi connectivity index (χ2n) is 6.56. The number of ether oxygens (including phenoxy) is 2. The lowest BCUT2D eigenvalue weighted by Crippen LogP contribution is -2.36. The van der Waals surface area contributed by atoms with Crippen molar-refractivity contribution in [3.63, 3.8) is 0 Å². The van der Waals surface area contributed by atoms with Crippen LogP contribution in [0.15, 0.2) is 18.2 Å². The molecule has 1 aromatic rings. The van der Waals surface area contributed by atoms with E-state index in [4.69, 9.17) is 9.47 Å². The smallest absolute Gasteiger partial charge is 0.142 e. The summed E-state index contributed by atoms with van der Waals surface area (Å²) < 4.78 is 11.1. The first kappa shape index (κ1) is 15.2. The maximum atomic E-state index is 5.61. The lowest BCUT2D eigenvalue weighted by Gasteiger charge is -2.34. The van der Waals surface area contributed by atoms with E-state index in [2.05, 4.69) is 43.9 Å². The fourth-order valence-corrected chi connectivity index (χ4v) is 2.74. The number of hydrogen-bond donors (Lipinski definition) is 0. The Balaban J connectivity index is 2.20. The van der Waals surface area contributed by atoms with Gasteiger partial charge in [-0.2, -0.15) is 0 Å². The van der Waals surface area contributed by atoms with Gasteiger partial charge in [0.15, 0.2) is 0 Å². The Morgan fingerprint density at radius 1 is 1.10 bits per heavy atom. The predicted molar refractivity (Wildman–Crippen MR) is 83.9 cm³/mol. The van der Waals surface area contributed by atoms with Crippen molar-refractivity contribution >= 4 is 5.69 Å². The summed E-state index contributed by atoms with van der Waals surface area (Å²) in [5.74, 6) is 0.980. The van der Waals surface area contributed by atoms with E-state index in [1.165, 1.54) is 11.3 Å². The molecule has 0 radical (unpaired) electrons. The van der Waals surface area contributed by atoms with Crippen molar-refractivity contribution in [2.75, 3.05) is 32.2 Å². The van der Waals surface area contributed by atoms with Crippen molar-refractivity contribution in [2.24, 2.45) is 0 Å². The summed E-state index contributed by atoms with van der Waals surface area (Å²) in [7, 11) is 3.56. The summed E-state index contributed by atoms with van der Waals surface area (Å²) in [6, 6.07) is 6.60. The summed E-state index contributed by atoms with van der Waals surface area (Å²) in [6.45, 7) is 8.75. The SMILES string of the molecule is COc1cc(C(C)(C)C)ccc1N1CCC(OC)CC1. The summed E-state index contributed by atoms with van der Waals surface area (Å²) in [5, 5.41) is 0. The van der Waals surface area contributed by atoms with Crippen molar-refractivity contribution in [1.29, 1.82) is 0 Å². The minimum atomic E-state index is 0.148. The van der Waals surface area contributed by atoms with Gasteiger partial charge in [0.05, 0.1) is 18.9 Å². The molecule has 1 fully saturated rings. The third-order valence-corrected chi connectivity index (χ3v) is 4.16. The van der Waals surface area contributed by atoms with E-state index < -0.39 is 0 Å². The number of methoxy groups -OCH3 is 2. The van der Waals surface area contributed by atoms with Crippen LogP contribution in [0.5, 0.6) is 5.75 Å². The standard InChI is InChI=1S/C17H27NO2/c1-17(2,3)13-6-7-15(16(12-13)20-5)18-10-8-14(19-4)9-11-18/h6-7,12,14H,8-11H2,1-5H3. The highest BCUT2D eigenvalue weighted by atomic mass is 16.5. The second-order valence-corrected chi connectivity index (χ2v) is 6.56. The number of piperidine rings is 1. The van der Waals surface area contributed by atoms with Gasteiger partial charge >= 0.3 is 0 Å². The average Bonchev–Trinajstić information content (AvgIpc) is 2.45. The van der Waals surface area contributed by atoms with E-state index in [9.17, 15) is 0 Å². The molecule has 0 saturated carbocycles. The van der Waals surface area contributed by atoms with Crippen molar-refractivity contribution in [3.8, 4) is 5.75 Å². The van der Waals surface area contributed by atoms with Crippen LogP contribution in [0.3, 0.4) is 0 Å². The molecule has 0 aliphatic carbocycles.